The molecule has 0 aliphatic carbocycles. The molecular weight excluding hydrogens is 228 g/mol. The van der Waals surface area contributed by atoms with Gasteiger partial charge in [-0.1, -0.05) is 28.9 Å². The number of hydrogen-bond donors (Lipinski definition) is 2. The fourth-order valence-electron chi connectivity index (χ4n) is 1.89. The highest BCUT2D eigenvalue weighted by Crippen LogP contribution is 2.30. The molecule has 0 fully saturated rings. The van der Waals surface area contributed by atoms with Crippen molar-refractivity contribution in [1.29, 1.82) is 0 Å². The first-order valence-corrected chi connectivity index (χ1v) is 5.22. The molecule has 4 nitrogen and oxygen atoms in total. The Labute approximate surface area is 98.6 Å². The minimum Gasteiger partial charge on any atom is -0.423 e. The van der Waals surface area contributed by atoms with Crippen LogP contribution >= 0.6 is 11.6 Å². The lowest BCUT2D eigenvalue weighted by Gasteiger charge is -2.20. The average molecular weight is 239 g/mol. The van der Waals surface area contributed by atoms with E-state index in [1.165, 1.54) is 0 Å². The van der Waals surface area contributed by atoms with E-state index in [4.69, 9.17) is 21.5 Å². The first-order valence-electron chi connectivity index (χ1n) is 4.84. The van der Waals surface area contributed by atoms with Gasteiger partial charge in [0.2, 0.25) is 0 Å². The molecule has 2 rings (SSSR count). The van der Waals surface area contributed by atoms with E-state index in [1.54, 1.807) is 18.2 Å². The maximum Gasteiger partial charge on any atom is 0.492 e. The fraction of sp³-hybridized carbons (Fsp3) is 0.300. The van der Waals surface area contributed by atoms with Gasteiger partial charge in [0.15, 0.2) is 5.17 Å². The highest BCUT2D eigenvalue weighted by molar-refractivity contribution is 6.69. The molecule has 0 saturated heterocycles. The smallest absolute Gasteiger partial charge is 0.423 e. The van der Waals surface area contributed by atoms with Gasteiger partial charge in [-0.05, 0) is 30.9 Å². The van der Waals surface area contributed by atoms with Crippen LogP contribution in [0.15, 0.2) is 23.4 Å². The third kappa shape index (κ3) is 1.71. The molecule has 0 saturated carbocycles. The van der Waals surface area contributed by atoms with E-state index >= 15 is 0 Å². The largest absolute Gasteiger partial charge is 0.492 e. The highest BCUT2D eigenvalue weighted by Gasteiger charge is 2.40. The molecule has 1 aliphatic heterocycles. The van der Waals surface area contributed by atoms with E-state index in [-0.39, 0.29) is 5.17 Å². The van der Waals surface area contributed by atoms with E-state index in [0.29, 0.717) is 5.56 Å². The Morgan fingerprint density at radius 2 is 2.19 bits per heavy atom. The summed E-state index contributed by atoms with van der Waals surface area (Å²) in [5.41, 5.74) is 1.58. The summed E-state index contributed by atoms with van der Waals surface area (Å²) in [5.74, 6) is 0. The van der Waals surface area contributed by atoms with Gasteiger partial charge < -0.3 is 14.9 Å². The normalized spacial score (nSPS) is 18.8. The van der Waals surface area contributed by atoms with Crippen LogP contribution in [0.5, 0.6) is 0 Å². The SMILES string of the molecule is CC1(C)OB(O)c2ccc(/C(Cl)=N\O)cc21. The molecule has 1 aromatic rings. The van der Waals surface area contributed by atoms with Crippen molar-refractivity contribution >= 4 is 29.4 Å². The Morgan fingerprint density at radius 1 is 1.50 bits per heavy atom. The van der Waals surface area contributed by atoms with Crippen LogP contribution < -0.4 is 5.46 Å². The monoisotopic (exact) mass is 239 g/mol. The molecule has 0 spiro atoms. The van der Waals surface area contributed by atoms with Gasteiger partial charge in [0.25, 0.3) is 0 Å². The molecule has 0 amide bonds. The van der Waals surface area contributed by atoms with Gasteiger partial charge in [0.05, 0.1) is 5.60 Å². The second kappa shape index (κ2) is 3.77. The minimum atomic E-state index is -0.913. The van der Waals surface area contributed by atoms with Crippen molar-refractivity contribution in [2.45, 2.75) is 19.4 Å². The number of benzene rings is 1. The minimum absolute atomic E-state index is 0.0139. The summed E-state index contributed by atoms with van der Waals surface area (Å²) in [6.07, 6.45) is 0. The molecule has 6 heteroatoms. The quantitative estimate of drug-likeness (QED) is 0.333. The topological polar surface area (TPSA) is 62.0 Å². The van der Waals surface area contributed by atoms with Gasteiger partial charge in [-0.3, -0.25) is 0 Å². The zero-order valence-electron chi connectivity index (χ0n) is 8.94. The van der Waals surface area contributed by atoms with Crippen LogP contribution in [0.3, 0.4) is 0 Å². The van der Waals surface area contributed by atoms with Crippen LogP contribution in [0.25, 0.3) is 0 Å². The Bertz CT molecular complexity index is 461. The number of nitrogens with zero attached hydrogens (tertiary/aromatic N) is 1. The Kier molecular flexibility index (Phi) is 2.70. The van der Waals surface area contributed by atoms with Gasteiger partial charge in [-0.15, -0.1) is 0 Å². The van der Waals surface area contributed by atoms with Gasteiger partial charge in [0.1, 0.15) is 0 Å². The summed E-state index contributed by atoms with van der Waals surface area (Å²) >= 11 is 5.72. The number of halogens is 1. The zero-order valence-corrected chi connectivity index (χ0v) is 9.69. The summed E-state index contributed by atoms with van der Waals surface area (Å²) in [5, 5.41) is 21.2. The van der Waals surface area contributed by atoms with Gasteiger partial charge in [-0.2, -0.15) is 0 Å². The molecule has 0 aromatic heterocycles. The Balaban J connectivity index is 2.55. The number of rotatable bonds is 1. The molecule has 0 bridgehead atoms. The van der Waals surface area contributed by atoms with Crippen LogP contribution in [-0.4, -0.2) is 22.5 Å². The molecule has 1 heterocycles. The number of oxime groups is 1. The maximum atomic E-state index is 9.67. The lowest BCUT2D eigenvalue weighted by atomic mass is 9.78. The van der Waals surface area contributed by atoms with Crippen LogP contribution in [-0.2, 0) is 10.3 Å². The average Bonchev–Trinajstić information content (AvgIpc) is 2.48. The van der Waals surface area contributed by atoms with Crippen LogP contribution in [0.1, 0.15) is 25.0 Å². The maximum absolute atomic E-state index is 9.67. The summed E-state index contributed by atoms with van der Waals surface area (Å²) in [7, 11) is -0.913. The van der Waals surface area contributed by atoms with E-state index in [1.807, 2.05) is 13.8 Å². The molecule has 2 N–H and O–H groups in total. The van der Waals surface area contributed by atoms with Crippen molar-refractivity contribution < 1.29 is 14.9 Å². The van der Waals surface area contributed by atoms with Gasteiger partial charge in [-0.25, -0.2) is 0 Å². The number of hydrogen-bond acceptors (Lipinski definition) is 4. The highest BCUT2D eigenvalue weighted by atomic mass is 35.5. The van der Waals surface area contributed by atoms with E-state index < -0.39 is 12.7 Å². The third-order valence-corrected chi connectivity index (χ3v) is 2.99. The molecule has 0 radical (unpaired) electrons. The molecule has 1 aromatic carbocycles. The predicted molar refractivity (Wildman–Crippen MR) is 62.3 cm³/mol. The predicted octanol–water partition coefficient (Wildman–Crippen LogP) is 1.01. The molecular formula is C10H11BClNO3. The molecule has 0 unspecified atom stereocenters. The molecule has 0 atom stereocenters. The second-order valence-electron chi connectivity index (χ2n) is 4.17. The fourth-order valence-corrected chi connectivity index (χ4v) is 2.00. The van der Waals surface area contributed by atoms with Crippen molar-refractivity contribution in [3.8, 4) is 0 Å². The lowest BCUT2D eigenvalue weighted by molar-refractivity contribution is 0.101. The Hall–Kier alpha value is -1.04. The van der Waals surface area contributed by atoms with Crippen molar-refractivity contribution in [2.24, 2.45) is 5.16 Å². The molecule has 84 valence electrons. The number of fused-ring (bicyclic) bond motifs is 1. The van der Waals surface area contributed by atoms with Gasteiger partial charge >= 0.3 is 7.12 Å². The van der Waals surface area contributed by atoms with Crippen LogP contribution in [0.2, 0.25) is 0 Å². The molecule has 16 heavy (non-hydrogen) atoms. The van der Waals surface area contributed by atoms with Crippen molar-refractivity contribution in [2.75, 3.05) is 0 Å². The summed E-state index contributed by atoms with van der Waals surface area (Å²) in [6.45, 7) is 3.71. The first-order chi connectivity index (χ1) is 7.45. The standard InChI is InChI=1S/C10H11BClNO3/c1-10(2)7-5-6(9(12)13-15)3-4-8(7)11(14)16-10/h3-5,14-15H,1-2H3/b13-9+. The summed E-state index contributed by atoms with van der Waals surface area (Å²) in [6, 6.07) is 5.15. The Morgan fingerprint density at radius 3 is 2.81 bits per heavy atom. The van der Waals surface area contributed by atoms with Crippen molar-refractivity contribution in [3.05, 3.63) is 29.3 Å². The van der Waals surface area contributed by atoms with Crippen molar-refractivity contribution in [1.82, 2.24) is 0 Å². The molecule has 1 aliphatic rings. The van der Waals surface area contributed by atoms with E-state index in [0.717, 1.165) is 11.0 Å². The van der Waals surface area contributed by atoms with E-state index in [9.17, 15) is 5.02 Å². The van der Waals surface area contributed by atoms with Crippen LogP contribution in [0.4, 0.5) is 0 Å². The van der Waals surface area contributed by atoms with Gasteiger partial charge in [0, 0.05) is 5.56 Å². The van der Waals surface area contributed by atoms with Crippen LogP contribution in [0, 0.1) is 0 Å². The first kappa shape index (κ1) is 11.5. The summed E-state index contributed by atoms with van der Waals surface area (Å²) in [4.78, 5) is 0. The summed E-state index contributed by atoms with van der Waals surface area (Å²) < 4.78 is 5.40. The van der Waals surface area contributed by atoms with Crippen molar-refractivity contribution in [3.63, 3.8) is 0 Å². The third-order valence-electron chi connectivity index (χ3n) is 2.70. The lowest BCUT2D eigenvalue weighted by Crippen LogP contribution is -2.28. The zero-order chi connectivity index (χ0) is 11.9. The second-order valence-corrected chi connectivity index (χ2v) is 4.53. The van der Waals surface area contributed by atoms with E-state index in [2.05, 4.69) is 5.16 Å².